The molecule has 26 heavy (non-hydrogen) atoms. The van der Waals surface area contributed by atoms with Gasteiger partial charge in [0.05, 0.1) is 16.1 Å². The van der Waals surface area contributed by atoms with Crippen LogP contribution in [-0.2, 0) is 6.42 Å². The molecular formula is C19H21ClN4O2. The van der Waals surface area contributed by atoms with Crippen LogP contribution in [0.15, 0.2) is 28.8 Å². The third-order valence-electron chi connectivity index (χ3n) is 3.96. The number of nitrogens with zero attached hydrogens (tertiary/aromatic N) is 3. The van der Waals surface area contributed by atoms with Crippen LogP contribution in [0.1, 0.15) is 54.6 Å². The van der Waals surface area contributed by atoms with E-state index in [0.717, 1.165) is 12.1 Å². The highest BCUT2D eigenvalue weighted by molar-refractivity contribution is 6.35. The predicted molar refractivity (Wildman–Crippen MR) is 100 cm³/mol. The van der Waals surface area contributed by atoms with E-state index < -0.39 is 6.04 Å². The minimum absolute atomic E-state index is 0.237. The Morgan fingerprint density at radius 2 is 2.04 bits per heavy atom. The van der Waals surface area contributed by atoms with Gasteiger partial charge in [-0.1, -0.05) is 42.7 Å². The van der Waals surface area contributed by atoms with E-state index in [-0.39, 0.29) is 5.91 Å². The molecule has 6 nitrogen and oxygen atoms in total. The third-order valence-corrected chi connectivity index (χ3v) is 4.26. The summed E-state index contributed by atoms with van der Waals surface area (Å²) < 4.78 is 5.29. The van der Waals surface area contributed by atoms with Crippen LogP contribution in [0, 0.1) is 12.8 Å². The number of hydrogen-bond acceptors (Lipinski definition) is 5. The number of hydrogen-bond donors (Lipinski definition) is 1. The number of pyridine rings is 1. The molecule has 2 aromatic heterocycles. The van der Waals surface area contributed by atoms with Crippen molar-refractivity contribution in [2.45, 2.75) is 40.2 Å². The Labute approximate surface area is 157 Å². The van der Waals surface area contributed by atoms with Crippen molar-refractivity contribution in [1.29, 1.82) is 0 Å². The standard InChI is InChI=1S/C19H21ClN4O2/c1-10(2)8-16-23-19(26-24-16)12(4)22-18(25)14-9-11(3)21-17-13(14)6-5-7-15(17)20/h5-7,9-10,12H,8H2,1-4H3,(H,22,25). The molecule has 1 amide bonds. The molecule has 136 valence electrons. The highest BCUT2D eigenvalue weighted by Crippen LogP contribution is 2.25. The molecule has 1 unspecified atom stereocenters. The lowest BCUT2D eigenvalue weighted by Gasteiger charge is -2.12. The van der Waals surface area contributed by atoms with Crippen molar-refractivity contribution >= 4 is 28.4 Å². The molecule has 7 heteroatoms. The molecule has 0 spiro atoms. The summed E-state index contributed by atoms with van der Waals surface area (Å²) in [6, 6.07) is 6.74. The topological polar surface area (TPSA) is 80.9 Å². The maximum absolute atomic E-state index is 12.8. The first-order chi connectivity index (χ1) is 12.3. The number of carbonyl (C=O) groups excluding carboxylic acids is 1. The zero-order valence-corrected chi connectivity index (χ0v) is 16.0. The summed E-state index contributed by atoms with van der Waals surface area (Å²) >= 11 is 6.22. The molecule has 0 aliphatic rings. The molecule has 0 fully saturated rings. The van der Waals surface area contributed by atoms with Crippen LogP contribution < -0.4 is 5.32 Å². The first-order valence-corrected chi connectivity index (χ1v) is 8.92. The quantitative estimate of drug-likeness (QED) is 0.723. The van der Waals surface area contributed by atoms with Crippen LogP contribution in [-0.4, -0.2) is 21.0 Å². The molecule has 0 saturated heterocycles. The highest BCUT2D eigenvalue weighted by Gasteiger charge is 2.20. The third kappa shape index (κ3) is 3.85. The van der Waals surface area contributed by atoms with Crippen LogP contribution in [0.4, 0.5) is 0 Å². The van der Waals surface area contributed by atoms with Crippen LogP contribution in [0.25, 0.3) is 10.9 Å². The fourth-order valence-electron chi connectivity index (χ4n) is 2.76. The summed E-state index contributed by atoms with van der Waals surface area (Å²) in [5.41, 5.74) is 1.85. The van der Waals surface area contributed by atoms with Crippen LogP contribution in [0.2, 0.25) is 5.02 Å². The van der Waals surface area contributed by atoms with Crippen molar-refractivity contribution in [2.75, 3.05) is 0 Å². The Morgan fingerprint density at radius 1 is 1.27 bits per heavy atom. The van der Waals surface area contributed by atoms with Gasteiger partial charge in [0.15, 0.2) is 5.82 Å². The molecule has 1 N–H and O–H groups in total. The van der Waals surface area contributed by atoms with Gasteiger partial charge in [-0.05, 0) is 31.9 Å². The molecule has 1 atom stereocenters. The van der Waals surface area contributed by atoms with Gasteiger partial charge in [0.1, 0.15) is 6.04 Å². The van der Waals surface area contributed by atoms with E-state index in [1.54, 1.807) is 18.2 Å². The molecule has 0 aliphatic heterocycles. The largest absolute Gasteiger partial charge is 0.340 e. The number of aromatic nitrogens is 3. The summed E-state index contributed by atoms with van der Waals surface area (Å²) in [6.45, 7) is 7.82. The van der Waals surface area contributed by atoms with E-state index >= 15 is 0 Å². The Balaban J connectivity index is 1.85. The summed E-state index contributed by atoms with van der Waals surface area (Å²) in [7, 11) is 0. The van der Waals surface area contributed by atoms with Crippen molar-refractivity contribution in [2.24, 2.45) is 5.92 Å². The highest BCUT2D eigenvalue weighted by atomic mass is 35.5. The minimum atomic E-state index is -0.404. The van der Waals surface area contributed by atoms with E-state index in [4.69, 9.17) is 16.1 Å². The van der Waals surface area contributed by atoms with Gasteiger partial charge in [0.25, 0.3) is 5.91 Å². The zero-order valence-electron chi connectivity index (χ0n) is 15.2. The number of para-hydroxylation sites is 1. The number of rotatable bonds is 5. The number of benzene rings is 1. The van der Waals surface area contributed by atoms with E-state index in [0.29, 0.717) is 39.1 Å². The number of halogens is 1. The van der Waals surface area contributed by atoms with Crippen molar-refractivity contribution in [1.82, 2.24) is 20.4 Å². The minimum Gasteiger partial charge on any atom is -0.340 e. The molecule has 3 aromatic rings. The second-order valence-electron chi connectivity index (χ2n) is 6.79. The maximum Gasteiger partial charge on any atom is 0.252 e. The second-order valence-corrected chi connectivity index (χ2v) is 7.20. The fourth-order valence-corrected chi connectivity index (χ4v) is 2.97. The average molecular weight is 373 g/mol. The summed E-state index contributed by atoms with van der Waals surface area (Å²) in [5.74, 6) is 1.23. The molecule has 2 heterocycles. The summed E-state index contributed by atoms with van der Waals surface area (Å²) in [6.07, 6.45) is 0.733. The van der Waals surface area contributed by atoms with Gasteiger partial charge in [-0.25, -0.2) is 0 Å². The lowest BCUT2D eigenvalue weighted by molar-refractivity contribution is 0.0934. The fraction of sp³-hybridized carbons (Fsp3) is 0.368. The second kappa shape index (κ2) is 7.41. The first kappa shape index (κ1) is 18.3. The van der Waals surface area contributed by atoms with E-state index in [2.05, 4.69) is 34.3 Å². The molecule has 0 aliphatic carbocycles. The number of aryl methyl sites for hydroxylation is 1. The summed E-state index contributed by atoms with van der Waals surface area (Å²) in [5, 5.41) is 8.10. The Morgan fingerprint density at radius 3 is 2.77 bits per heavy atom. The van der Waals surface area contributed by atoms with E-state index in [1.165, 1.54) is 0 Å². The van der Waals surface area contributed by atoms with Gasteiger partial charge in [-0.15, -0.1) is 0 Å². The summed E-state index contributed by atoms with van der Waals surface area (Å²) in [4.78, 5) is 21.6. The lowest BCUT2D eigenvalue weighted by atomic mass is 10.1. The molecule has 0 radical (unpaired) electrons. The lowest BCUT2D eigenvalue weighted by Crippen LogP contribution is -2.27. The van der Waals surface area contributed by atoms with Crippen molar-refractivity contribution in [3.05, 3.63) is 52.3 Å². The predicted octanol–water partition coefficient (Wildman–Crippen LogP) is 4.27. The van der Waals surface area contributed by atoms with Gasteiger partial charge >= 0.3 is 0 Å². The van der Waals surface area contributed by atoms with Crippen LogP contribution in [0.3, 0.4) is 0 Å². The van der Waals surface area contributed by atoms with Crippen LogP contribution in [0.5, 0.6) is 0 Å². The van der Waals surface area contributed by atoms with Gasteiger partial charge in [0, 0.05) is 17.5 Å². The number of carbonyl (C=O) groups is 1. The Hall–Kier alpha value is -2.47. The maximum atomic E-state index is 12.8. The number of amides is 1. The van der Waals surface area contributed by atoms with Crippen molar-refractivity contribution in [3.8, 4) is 0 Å². The normalized spacial score (nSPS) is 12.5. The van der Waals surface area contributed by atoms with Gasteiger partial charge in [-0.2, -0.15) is 4.98 Å². The first-order valence-electron chi connectivity index (χ1n) is 8.54. The van der Waals surface area contributed by atoms with Crippen LogP contribution >= 0.6 is 11.6 Å². The van der Waals surface area contributed by atoms with E-state index in [1.807, 2.05) is 19.9 Å². The van der Waals surface area contributed by atoms with Gasteiger partial charge in [0.2, 0.25) is 5.89 Å². The number of nitrogens with one attached hydrogen (secondary N) is 1. The molecule has 0 bridgehead atoms. The SMILES string of the molecule is Cc1cc(C(=O)NC(C)c2nc(CC(C)C)no2)c2cccc(Cl)c2n1. The van der Waals surface area contributed by atoms with Crippen molar-refractivity contribution in [3.63, 3.8) is 0 Å². The Bertz CT molecular complexity index is 952. The van der Waals surface area contributed by atoms with Gasteiger partial charge in [-0.3, -0.25) is 9.78 Å². The number of fused-ring (bicyclic) bond motifs is 1. The smallest absolute Gasteiger partial charge is 0.252 e. The van der Waals surface area contributed by atoms with Crippen molar-refractivity contribution < 1.29 is 9.32 Å². The molecule has 0 saturated carbocycles. The monoisotopic (exact) mass is 372 g/mol. The molecule has 1 aromatic carbocycles. The zero-order chi connectivity index (χ0) is 18.8. The Kier molecular flexibility index (Phi) is 5.23. The average Bonchev–Trinajstić information content (AvgIpc) is 3.03. The van der Waals surface area contributed by atoms with Gasteiger partial charge < -0.3 is 9.84 Å². The molecular weight excluding hydrogens is 352 g/mol. The van der Waals surface area contributed by atoms with E-state index in [9.17, 15) is 4.79 Å². The molecule has 3 rings (SSSR count).